The molecular weight excluding hydrogens is 262 g/mol. The van der Waals surface area contributed by atoms with Crippen molar-refractivity contribution in [3.63, 3.8) is 0 Å². The van der Waals surface area contributed by atoms with E-state index in [0.29, 0.717) is 17.2 Å². The highest BCUT2D eigenvalue weighted by Gasteiger charge is 2.12. The van der Waals surface area contributed by atoms with E-state index < -0.39 is 5.97 Å². The number of aromatic nitrogens is 2. The van der Waals surface area contributed by atoms with Gasteiger partial charge in [0.1, 0.15) is 11.5 Å². The maximum absolute atomic E-state index is 10.6. The van der Waals surface area contributed by atoms with Crippen LogP contribution in [0.3, 0.4) is 0 Å². The minimum atomic E-state index is -0.941. The van der Waals surface area contributed by atoms with Crippen molar-refractivity contribution in [1.29, 1.82) is 0 Å². The number of rotatable bonds is 2. The smallest absolute Gasteiger partial charge is 0.309 e. The Morgan fingerprint density at radius 2 is 2.40 bits per heavy atom. The summed E-state index contributed by atoms with van der Waals surface area (Å²) in [5, 5.41) is 8.66. The van der Waals surface area contributed by atoms with E-state index in [1.54, 1.807) is 16.7 Å². The molecule has 6 heteroatoms. The molecule has 0 radical (unpaired) electrons. The fourth-order valence-corrected chi connectivity index (χ4v) is 1.68. The Hall–Kier alpha value is -1.56. The second kappa shape index (κ2) is 3.54. The van der Waals surface area contributed by atoms with Gasteiger partial charge in [0.25, 0.3) is 0 Å². The van der Waals surface area contributed by atoms with Gasteiger partial charge in [0.2, 0.25) is 0 Å². The molecule has 15 heavy (non-hydrogen) atoms. The number of halogens is 1. The number of pyridine rings is 1. The molecular formula is C9H8BrN3O2. The van der Waals surface area contributed by atoms with Crippen molar-refractivity contribution >= 4 is 33.4 Å². The Morgan fingerprint density at radius 1 is 1.67 bits per heavy atom. The lowest BCUT2D eigenvalue weighted by Gasteiger charge is -1.96. The highest BCUT2D eigenvalue weighted by atomic mass is 79.9. The van der Waals surface area contributed by atoms with E-state index in [0.717, 1.165) is 4.47 Å². The molecule has 2 heterocycles. The quantitative estimate of drug-likeness (QED) is 0.862. The molecule has 2 aromatic heterocycles. The van der Waals surface area contributed by atoms with Crippen molar-refractivity contribution in [2.24, 2.45) is 0 Å². The molecule has 0 aliphatic carbocycles. The van der Waals surface area contributed by atoms with Gasteiger partial charge in [-0.1, -0.05) is 15.9 Å². The van der Waals surface area contributed by atoms with Crippen LogP contribution < -0.4 is 5.73 Å². The number of hydrogen-bond donors (Lipinski definition) is 2. The number of aliphatic carboxylic acids is 1. The number of carbonyl (C=O) groups is 1. The van der Waals surface area contributed by atoms with Gasteiger partial charge in [-0.3, -0.25) is 9.20 Å². The standard InChI is InChI=1S/C9H8BrN3O2/c10-5-1-2-13-7(3-5)12-6(9(13)11)4-8(14)15/h1-3H,4,11H2,(H,14,15). The van der Waals surface area contributed by atoms with E-state index in [9.17, 15) is 4.79 Å². The molecule has 0 saturated carbocycles. The van der Waals surface area contributed by atoms with Gasteiger partial charge in [-0.05, 0) is 12.1 Å². The molecule has 0 bridgehead atoms. The molecule has 78 valence electrons. The number of carboxylic acid groups (broad SMARTS) is 1. The second-order valence-electron chi connectivity index (χ2n) is 3.09. The van der Waals surface area contributed by atoms with Gasteiger partial charge in [0.05, 0.1) is 12.1 Å². The SMILES string of the molecule is Nc1c(CC(=O)O)nc2cc(Br)ccn12. The maximum Gasteiger partial charge on any atom is 0.309 e. The number of nitrogens with zero attached hydrogens (tertiary/aromatic N) is 2. The average molecular weight is 270 g/mol. The first kappa shape index (κ1) is 9.97. The largest absolute Gasteiger partial charge is 0.481 e. The van der Waals surface area contributed by atoms with Crippen LogP contribution in [-0.2, 0) is 11.2 Å². The molecule has 2 rings (SSSR count). The summed E-state index contributed by atoms with van der Waals surface area (Å²) in [4.78, 5) is 14.7. The molecule has 0 unspecified atom stereocenters. The van der Waals surface area contributed by atoms with E-state index in [-0.39, 0.29) is 6.42 Å². The molecule has 5 nitrogen and oxygen atoms in total. The zero-order chi connectivity index (χ0) is 11.0. The molecule has 0 aromatic carbocycles. The second-order valence-corrected chi connectivity index (χ2v) is 4.00. The van der Waals surface area contributed by atoms with E-state index in [1.165, 1.54) is 0 Å². The van der Waals surface area contributed by atoms with Crippen molar-refractivity contribution in [1.82, 2.24) is 9.38 Å². The van der Waals surface area contributed by atoms with E-state index in [2.05, 4.69) is 20.9 Å². The molecule has 0 saturated heterocycles. The van der Waals surface area contributed by atoms with Crippen LogP contribution in [0.15, 0.2) is 22.8 Å². The summed E-state index contributed by atoms with van der Waals surface area (Å²) in [5.74, 6) is -0.566. The number of imidazole rings is 1. The average Bonchev–Trinajstić information content (AvgIpc) is 2.42. The Labute approximate surface area is 93.7 Å². The summed E-state index contributed by atoms with van der Waals surface area (Å²) < 4.78 is 2.53. The number of nitrogen functional groups attached to an aromatic ring is 1. The lowest BCUT2D eigenvalue weighted by molar-refractivity contribution is -0.136. The van der Waals surface area contributed by atoms with Crippen LogP contribution in [0.5, 0.6) is 0 Å². The molecule has 0 amide bonds. The lowest BCUT2D eigenvalue weighted by atomic mass is 10.3. The van der Waals surface area contributed by atoms with E-state index in [1.807, 2.05) is 6.07 Å². The fraction of sp³-hybridized carbons (Fsp3) is 0.111. The molecule has 0 spiro atoms. The first-order chi connectivity index (χ1) is 7.08. The predicted molar refractivity (Wildman–Crippen MR) is 58.6 cm³/mol. The van der Waals surface area contributed by atoms with Crippen LogP contribution in [0.2, 0.25) is 0 Å². The van der Waals surface area contributed by atoms with E-state index >= 15 is 0 Å². The summed E-state index contributed by atoms with van der Waals surface area (Å²) in [6.07, 6.45) is 1.58. The topological polar surface area (TPSA) is 80.6 Å². The first-order valence-corrected chi connectivity index (χ1v) is 5.01. The van der Waals surface area contributed by atoms with Crippen LogP contribution >= 0.6 is 15.9 Å². The van der Waals surface area contributed by atoms with E-state index in [4.69, 9.17) is 10.8 Å². The normalized spacial score (nSPS) is 10.7. The number of nitrogens with two attached hydrogens (primary N) is 1. The summed E-state index contributed by atoms with van der Waals surface area (Å²) in [5.41, 5.74) is 6.79. The molecule has 2 aromatic rings. The van der Waals surface area contributed by atoms with Crippen LogP contribution in [-0.4, -0.2) is 20.5 Å². The van der Waals surface area contributed by atoms with Gasteiger partial charge < -0.3 is 10.8 Å². The third-order valence-electron chi connectivity index (χ3n) is 2.02. The zero-order valence-electron chi connectivity index (χ0n) is 7.64. The summed E-state index contributed by atoms with van der Waals surface area (Å²) >= 11 is 3.31. The van der Waals surface area contributed by atoms with Crippen molar-refractivity contribution in [3.8, 4) is 0 Å². The summed E-state index contributed by atoms with van der Waals surface area (Å²) in [6.45, 7) is 0. The fourth-order valence-electron chi connectivity index (χ4n) is 1.36. The molecule has 0 aliphatic heterocycles. The van der Waals surface area contributed by atoms with Crippen molar-refractivity contribution < 1.29 is 9.90 Å². The van der Waals surface area contributed by atoms with Gasteiger partial charge in [0.15, 0.2) is 0 Å². The number of hydrogen-bond acceptors (Lipinski definition) is 3. The van der Waals surface area contributed by atoms with Crippen LogP contribution in [0.4, 0.5) is 5.82 Å². The van der Waals surface area contributed by atoms with Crippen molar-refractivity contribution in [3.05, 3.63) is 28.5 Å². The number of anilines is 1. The van der Waals surface area contributed by atoms with Gasteiger partial charge in [-0.2, -0.15) is 0 Å². The van der Waals surface area contributed by atoms with Crippen LogP contribution in [0.1, 0.15) is 5.69 Å². The molecule has 0 fully saturated rings. The highest BCUT2D eigenvalue weighted by Crippen LogP contribution is 2.19. The highest BCUT2D eigenvalue weighted by molar-refractivity contribution is 9.10. The number of fused-ring (bicyclic) bond motifs is 1. The first-order valence-electron chi connectivity index (χ1n) is 4.21. The summed E-state index contributed by atoms with van der Waals surface area (Å²) in [7, 11) is 0. The van der Waals surface area contributed by atoms with Crippen molar-refractivity contribution in [2.45, 2.75) is 6.42 Å². The molecule has 3 N–H and O–H groups in total. The van der Waals surface area contributed by atoms with Crippen LogP contribution in [0, 0.1) is 0 Å². The summed E-state index contributed by atoms with van der Waals surface area (Å²) in [6, 6.07) is 3.59. The number of carboxylic acids is 1. The minimum Gasteiger partial charge on any atom is -0.481 e. The minimum absolute atomic E-state index is 0.162. The van der Waals surface area contributed by atoms with Crippen LogP contribution in [0.25, 0.3) is 5.65 Å². The predicted octanol–water partition coefficient (Wildman–Crippen LogP) is 1.31. The van der Waals surface area contributed by atoms with Crippen molar-refractivity contribution in [2.75, 3.05) is 5.73 Å². The van der Waals surface area contributed by atoms with Gasteiger partial charge in [0, 0.05) is 10.7 Å². The third kappa shape index (κ3) is 1.80. The Balaban J connectivity index is 2.58. The zero-order valence-corrected chi connectivity index (χ0v) is 9.23. The van der Waals surface area contributed by atoms with Gasteiger partial charge >= 0.3 is 5.97 Å². The maximum atomic E-state index is 10.6. The Bertz CT molecular complexity index is 535. The van der Waals surface area contributed by atoms with Gasteiger partial charge in [-0.25, -0.2) is 4.98 Å². The molecule has 0 atom stereocenters. The Morgan fingerprint density at radius 3 is 3.07 bits per heavy atom. The van der Waals surface area contributed by atoms with Gasteiger partial charge in [-0.15, -0.1) is 0 Å². The molecule has 0 aliphatic rings. The lowest BCUT2D eigenvalue weighted by Crippen LogP contribution is -2.03. The third-order valence-corrected chi connectivity index (χ3v) is 2.51. The Kier molecular flexibility index (Phi) is 2.36. The monoisotopic (exact) mass is 269 g/mol.